The molecule has 0 saturated heterocycles. The van der Waals surface area contributed by atoms with Crippen LogP contribution in [0.1, 0.15) is 0 Å². The molecule has 0 saturated carbocycles. The molecule has 55 heavy (non-hydrogen) atoms. The summed E-state index contributed by atoms with van der Waals surface area (Å²) >= 11 is 0. The van der Waals surface area contributed by atoms with Crippen LogP contribution < -0.4 is 0 Å². The summed E-state index contributed by atoms with van der Waals surface area (Å²) in [6, 6.07) is 64.2. The van der Waals surface area contributed by atoms with E-state index in [-0.39, 0.29) is 0 Å². The first-order valence-corrected chi connectivity index (χ1v) is 18.6. The van der Waals surface area contributed by atoms with E-state index in [9.17, 15) is 0 Å². The van der Waals surface area contributed by atoms with Gasteiger partial charge in [0, 0.05) is 55.0 Å². The fourth-order valence-corrected chi connectivity index (χ4v) is 8.71. The van der Waals surface area contributed by atoms with Crippen LogP contribution in [0, 0.1) is 0 Å². The molecular formula is C50H30N4O. The molecule has 0 N–H and O–H groups in total. The van der Waals surface area contributed by atoms with Crippen LogP contribution in [-0.4, -0.2) is 19.1 Å². The van der Waals surface area contributed by atoms with Crippen molar-refractivity contribution < 1.29 is 4.42 Å². The highest BCUT2D eigenvalue weighted by Gasteiger charge is 2.24. The average Bonchev–Trinajstić information content (AvgIpc) is 3.90. The van der Waals surface area contributed by atoms with Crippen LogP contribution in [-0.2, 0) is 0 Å². The zero-order chi connectivity index (χ0) is 36.0. The van der Waals surface area contributed by atoms with Crippen molar-refractivity contribution >= 4 is 76.5 Å². The topological polar surface area (TPSA) is 48.8 Å². The molecule has 0 bridgehead atoms. The lowest BCUT2D eigenvalue weighted by molar-refractivity contribution is 0.669. The molecule has 5 heteroatoms. The van der Waals surface area contributed by atoms with E-state index in [1.807, 2.05) is 18.2 Å². The maximum atomic E-state index is 6.51. The highest BCUT2D eigenvalue weighted by molar-refractivity contribution is 6.30. The van der Waals surface area contributed by atoms with Gasteiger partial charge in [-0.25, -0.2) is 9.97 Å². The lowest BCUT2D eigenvalue weighted by Crippen LogP contribution is -2.03. The van der Waals surface area contributed by atoms with Crippen molar-refractivity contribution in [1.29, 1.82) is 0 Å². The molecule has 0 amide bonds. The van der Waals surface area contributed by atoms with Crippen LogP contribution in [0.25, 0.3) is 110 Å². The number of fused-ring (bicyclic) bond motifs is 11. The van der Waals surface area contributed by atoms with Crippen LogP contribution in [0.3, 0.4) is 0 Å². The van der Waals surface area contributed by atoms with E-state index in [2.05, 4.69) is 173 Å². The van der Waals surface area contributed by atoms with E-state index in [1.165, 1.54) is 21.9 Å². The van der Waals surface area contributed by atoms with Crippen molar-refractivity contribution in [2.75, 3.05) is 0 Å². The van der Waals surface area contributed by atoms with Crippen molar-refractivity contribution in [3.63, 3.8) is 0 Å². The number of benzene rings is 8. The maximum absolute atomic E-state index is 6.51. The second-order valence-electron chi connectivity index (χ2n) is 14.2. The Morgan fingerprint density at radius 1 is 0.364 bits per heavy atom. The summed E-state index contributed by atoms with van der Waals surface area (Å²) < 4.78 is 11.2. The molecule has 0 radical (unpaired) electrons. The number of furan rings is 1. The summed E-state index contributed by atoms with van der Waals surface area (Å²) in [4.78, 5) is 10.6. The number of rotatable bonds is 4. The van der Waals surface area contributed by atoms with Gasteiger partial charge >= 0.3 is 0 Å². The molecule has 0 aliphatic carbocycles. The highest BCUT2D eigenvalue weighted by atomic mass is 16.3. The zero-order valence-electron chi connectivity index (χ0n) is 29.5. The van der Waals surface area contributed by atoms with Crippen molar-refractivity contribution in [3.8, 4) is 34.0 Å². The Kier molecular flexibility index (Phi) is 6.27. The minimum Gasteiger partial charge on any atom is -0.456 e. The molecule has 0 unspecified atom stereocenters. The fraction of sp³-hybridized carbons (Fsp3) is 0. The second-order valence-corrected chi connectivity index (χ2v) is 14.2. The Bertz CT molecular complexity index is 3480. The lowest BCUT2D eigenvalue weighted by atomic mass is 10.0. The number of aromatic nitrogens is 4. The van der Waals surface area contributed by atoms with Gasteiger partial charge in [0.05, 0.1) is 33.3 Å². The van der Waals surface area contributed by atoms with Crippen molar-refractivity contribution in [2.24, 2.45) is 0 Å². The van der Waals surface area contributed by atoms with E-state index in [0.29, 0.717) is 5.95 Å². The molecule has 0 aliphatic heterocycles. The van der Waals surface area contributed by atoms with Gasteiger partial charge in [0.25, 0.3) is 0 Å². The van der Waals surface area contributed by atoms with Crippen molar-refractivity contribution in [1.82, 2.24) is 19.1 Å². The van der Waals surface area contributed by atoms with E-state index in [4.69, 9.17) is 14.4 Å². The Balaban J connectivity index is 1.22. The fourth-order valence-electron chi connectivity index (χ4n) is 8.71. The molecule has 0 atom stereocenters. The lowest BCUT2D eigenvalue weighted by Gasteiger charge is -2.12. The van der Waals surface area contributed by atoms with Gasteiger partial charge in [-0.1, -0.05) is 127 Å². The standard InChI is InChI=1S/C50H30N4O/c1-3-14-31(15-4-1)33-18-13-19-34(28-33)53-42-26-27-43-47(48(42)39-29-38-35-20-9-12-25-45(35)55-46(38)30-44(39)53)37-22-8-11-24-41(37)54(43)50-51-40-23-10-7-21-36(40)49(52-50)32-16-5-2-6-17-32/h1-30H. The maximum Gasteiger partial charge on any atom is 0.235 e. The van der Waals surface area contributed by atoms with E-state index in [0.717, 1.165) is 82.6 Å². The Morgan fingerprint density at radius 3 is 1.85 bits per heavy atom. The van der Waals surface area contributed by atoms with Crippen LogP contribution in [0.2, 0.25) is 0 Å². The van der Waals surface area contributed by atoms with Crippen LogP contribution in [0.15, 0.2) is 186 Å². The number of nitrogens with zero attached hydrogens (tertiary/aromatic N) is 4. The minimum absolute atomic E-state index is 0.644. The van der Waals surface area contributed by atoms with Crippen LogP contribution in [0.4, 0.5) is 0 Å². The second kappa shape index (κ2) is 11.5. The van der Waals surface area contributed by atoms with Gasteiger partial charge in [-0.2, -0.15) is 0 Å². The third kappa shape index (κ3) is 4.41. The third-order valence-corrected chi connectivity index (χ3v) is 11.1. The predicted octanol–water partition coefficient (Wildman–Crippen LogP) is 13.1. The summed E-state index contributed by atoms with van der Waals surface area (Å²) in [5, 5.41) is 7.90. The summed E-state index contributed by atoms with van der Waals surface area (Å²) in [5.41, 5.74) is 12.4. The summed E-state index contributed by atoms with van der Waals surface area (Å²) in [7, 11) is 0. The average molecular weight is 703 g/mol. The summed E-state index contributed by atoms with van der Waals surface area (Å²) in [6.07, 6.45) is 0. The SMILES string of the molecule is c1ccc(-c2cccc(-n3c4cc5oc6ccccc6c5cc4c4c5c6ccccc6n(-c6nc(-c7ccccc7)c7ccccc7n6)c5ccc43)c2)cc1. The summed E-state index contributed by atoms with van der Waals surface area (Å²) in [5.74, 6) is 0.644. The van der Waals surface area contributed by atoms with Gasteiger partial charge in [0.2, 0.25) is 5.95 Å². The first kappa shape index (κ1) is 30.0. The quantitative estimate of drug-likeness (QED) is 0.183. The van der Waals surface area contributed by atoms with E-state index < -0.39 is 0 Å². The Morgan fingerprint density at radius 2 is 1.02 bits per heavy atom. The first-order chi connectivity index (χ1) is 27.3. The minimum atomic E-state index is 0.644. The normalized spacial score (nSPS) is 12.0. The van der Waals surface area contributed by atoms with Gasteiger partial charge in [-0.3, -0.25) is 4.57 Å². The van der Waals surface area contributed by atoms with Gasteiger partial charge in [-0.15, -0.1) is 0 Å². The molecular weight excluding hydrogens is 673 g/mol. The van der Waals surface area contributed by atoms with Gasteiger partial charge in [-0.05, 0) is 59.7 Å². The largest absolute Gasteiger partial charge is 0.456 e. The molecule has 12 rings (SSSR count). The number of hydrogen-bond donors (Lipinski definition) is 0. The summed E-state index contributed by atoms with van der Waals surface area (Å²) in [6.45, 7) is 0. The molecule has 4 heterocycles. The molecule has 8 aromatic carbocycles. The molecule has 0 aliphatic rings. The molecule has 0 spiro atoms. The molecule has 256 valence electrons. The van der Waals surface area contributed by atoms with Crippen molar-refractivity contribution in [3.05, 3.63) is 182 Å². The first-order valence-electron chi connectivity index (χ1n) is 18.6. The highest BCUT2D eigenvalue weighted by Crippen LogP contribution is 2.45. The molecule has 0 fully saturated rings. The van der Waals surface area contributed by atoms with Gasteiger partial charge in [0.15, 0.2) is 0 Å². The molecule has 12 aromatic rings. The van der Waals surface area contributed by atoms with Crippen molar-refractivity contribution in [2.45, 2.75) is 0 Å². The van der Waals surface area contributed by atoms with Crippen LogP contribution in [0.5, 0.6) is 0 Å². The van der Waals surface area contributed by atoms with Gasteiger partial charge < -0.3 is 8.98 Å². The van der Waals surface area contributed by atoms with E-state index in [1.54, 1.807) is 0 Å². The smallest absolute Gasteiger partial charge is 0.235 e. The number of hydrogen-bond acceptors (Lipinski definition) is 3. The Labute approximate surface area is 315 Å². The monoisotopic (exact) mass is 702 g/mol. The third-order valence-electron chi connectivity index (χ3n) is 11.1. The molecule has 5 nitrogen and oxygen atoms in total. The van der Waals surface area contributed by atoms with E-state index >= 15 is 0 Å². The zero-order valence-corrected chi connectivity index (χ0v) is 29.5. The molecule has 4 aromatic heterocycles. The number of para-hydroxylation sites is 3. The Hall–Kier alpha value is -7.50. The van der Waals surface area contributed by atoms with Crippen LogP contribution >= 0.6 is 0 Å². The van der Waals surface area contributed by atoms with Gasteiger partial charge in [0.1, 0.15) is 11.2 Å². The predicted molar refractivity (Wildman–Crippen MR) is 226 cm³/mol.